The Bertz CT molecular complexity index is 752. The molecule has 3 heterocycles. The van der Waals surface area contributed by atoms with E-state index in [0.717, 1.165) is 5.57 Å². The number of nitrogens with one attached hydrogen (secondary N) is 1. The highest BCUT2D eigenvalue weighted by Crippen LogP contribution is 2.46. The van der Waals surface area contributed by atoms with Crippen molar-refractivity contribution in [3.8, 4) is 0 Å². The number of epoxide rings is 1. The van der Waals surface area contributed by atoms with Gasteiger partial charge in [-0.3, -0.25) is 4.79 Å². The van der Waals surface area contributed by atoms with Gasteiger partial charge in [-0.15, -0.1) is 0 Å². The smallest absolute Gasteiger partial charge is 0.244 e. The maximum absolute atomic E-state index is 12.0. The quantitative estimate of drug-likeness (QED) is 0.353. The van der Waals surface area contributed by atoms with Crippen molar-refractivity contribution in [3.05, 3.63) is 36.0 Å². The summed E-state index contributed by atoms with van der Waals surface area (Å²) < 4.78 is 23.4. The van der Waals surface area contributed by atoms with E-state index >= 15 is 0 Å². The van der Waals surface area contributed by atoms with Crippen molar-refractivity contribution in [2.45, 2.75) is 96.2 Å². The molecule has 1 spiro atoms. The second-order valence-corrected chi connectivity index (χ2v) is 10.2. The third kappa shape index (κ3) is 6.75. The average Bonchev–Trinajstić information content (AvgIpc) is 3.47. The summed E-state index contributed by atoms with van der Waals surface area (Å²) in [5, 5.41) is 13.6. The van der Waals surface area contributed by atoms with Gasteiger partial charge in [-0.2, -0.15) is 0 Å². The molecule has 3 rings (SSSR count). The fourth-order valence-corrected chi connectivity index (χ4v) is 4.22. The van der Waals surface area contributed by atoms with E-state index in [1.165, 1.54) is 0 Å². The van der Waals surface area contributed by atoms with E-state index in [1.54, 1.807) is 6.08 Å². The molecule has 2 N–H and O–H groups in total. The summed E-state index contributed by atoms with van der Waals surface area (Å²) in [5.41, 5.74) is 0.243. The van der Waals surface area contributed by atoms with E-state index < -0.39 is 17.8 Å². The first-order valence-corrected chi connectivity index (χ1v) is 11.6. The van der Waals surface area contributed by atoms with Crippen LogP contribution in [0.25, 0.3) is 0 Å². The summed E-state index contributed by atoms with van der Waals surface area (Å²) in [4.78, 5) is 12.0. The molecule has 0 aromatic heterocycles. The zero-order chi connectivity index (χ0) is 23.5. The molecule has 0 saturated carbocycles. The molecule has 0 aromatic carbocycles. The number of ether oxygens (including phenoxy) is 4. The van der Waals surface area contributed by atoms with Crippen LogP contribution < -0.4 is 5.32 Å². The van der Waals surface area contributed by atoms with Crippen LogP contribution in [0.3, 0.4) is 0 Å². The van der Waals surface area contributed by atoms with E-state index in [4.69, 9.17) is 18.9 Å². The van der Waals surface area contributed by atoms with Gasteiger partial charge in [-0.1, -0.05) is 43.7 Å². The number of carbonyl (C=O) groups excluding carboxylic acids is 1. The number of hydrogen-bond donors (Lipinski definition) is 2. The Balaban J connectivity index is 1.47. The molecular weight excluding hydrogens is 410 g/mol. The molecule has 6 atom stereocenters. The molecule has 3 aliphatic rings. The summed E-state index contributed by atoms with van der Waals surface area (Å²) >= 11 is 0. The predicted octanol–water partition coefficient (Wildman–Crippen LogP) is 3.03. The number of hydrogen-bond acceptors (Lipinski definition) is 6. The lowest BCUT2D eigenvalue weighted by Crippen LogP contribution is -2.53. The van der Waals surface area contributed by atoms with E-state index in [2.05, 4.69) is 5.32 Å². The molecule has 3 fully saturated rings. The van der Waals surface area contributed by atoms with Crippen molar-refractivity contribution in [1.82, 2.24) is 5.32 Å². The van der Waals surface area contributed by atoms with Gasteiger partial charge in [0.05, 0.1) is 31.0 Å². The molecule has 32 heavy (non-hydrogen) atoms. The van der Waals surface area contributed by atoms with Crippen LogP contribution in [0.1, 0.15) is 54.4 Å². The molecule has 0 bridgehead atoms. The van der Waals surface area contributed by atoms with Gasteiger partial charge in [-0.25, -0.2) is 0 Å². The lowest BCUT2D eigenvalue weighted by atomic mass is 9.83. The first-order valence-electron chi connectivity index (χ1n) is 11.6. The standard InChI is InChI=1S/C25H39NO6/c1-16(2)7-11-21(27)26-19-13-29-22(31-18(19)4)12-9-17(3)8-10-20-23(28)25(15-30-25)14-24(5,6)32-20/h7-11,16,18-20,22-23,28H,12-15H2,1-6H3,(H,26,27)/b10-8+,11-7-,17-9+/t18-,19-,20-,22+,23-,25-/m1/s1. The molecule has 1 amide bonds. The van der Waals surface area contributed by atoms with Crippen LogP contribution in [0.5, 0.6) is 0 Å². The molecule has 3 aliphatic heterocycles. The van der Waals surface area contributed by atoms with Crippen molar-refractivity contribution < 1.29 is 28.8 Å². The SMILES string of the molecule is CC(/C=C/[C@H]1OC(C)(C)C[C@@]2(CO2)[C@@H]1O)=C\C[C@H]1OC[C@@H](NC(=O)/C=C\C(C)C)[C@@H](C)O1. The minimum absolute atomic E-state index is 0.129. The summed E-state index contributed by atoms with van der Waals surface area (Å²) in [6.45, 7) is 13.1. The number of amides is 1. The Morgan fingerprint density at radius 3 is 2.62 bits per heavy atom. The number of allylic oxidation sites excluding steroid dienone is 3. The van der Waals surface area contributed by atoms with Crippen molar-refractivity contribution in [2.24, 2.45) is 5.92 Å². The van der Waals surface area contributed by atoms with Gasteiger partial charge in [0.1, 0.15) is 17.8 Å². The molecule has 7 heteroatoms. The maximum Gasteiger partial charge on any atom is 0.244 e. The second kappa shape index (κ2) is 10.2. The molecule has 0 radical (unpaired) electrons. The molecule has 0 aromatic rings. The Kier molecular flexibility index (Phi) is 7.99. The van der Waals surface area contributed by atoms with E-state index in [-0.39, 0.29) is 29.9 Å². The number of rotatable bonds is 7. The predicted molar refractivity (Wildman–Crippen MR) is 122 cm³/mol. The fraction of sp³-hybridized carbons (Fsp3) is 0.720. The number of aliphatic hydroxyl groups excluding tert-OH is 1. The second-order valence-electron chi connectivity index (χ2n) is 10.2. The van der Waals surface area contributed by atoms with Crippen molar-refractivity contribution in [2.75, 3.05) is 13.2 Å². The Hall–Kier alpha value is -1.51. The molecule has 0 unspecified atom stereocenters. The first kappa shape index (κ1) is 25.1. The number of carbonyl (C=O) groups is 1. The van der Waals surface area contributed by atoms with Gasteiger partial charge in [0.2, 0.25) is 5.91 Å². The largest absolute Gasteiger partial charge is 0.387 e. The topological polar surface area (TPSA) is 89.5 Å². The van der Waals surface area contributed by atoms with Crippen molar-refractivity contribution in [3.63, 3.8) is 0 Å². The van der Waals surface area contributed by atoms with E-state index in [9.17, 15) is 9.90 Å². The minimum atomic E-state index is -0.659. The van der Waals surface area contributed by atoms with Crippen LogP contribution in [0.4, 0.5) is 0 Å². The lowest BCUT2D eigenvalue weighted by Gasteiger charge is -2.41. The monoisotopic (exact) mass is 449 g/mol. The van der Waals surface area contributed by atoms with Gasteiger partial charge in [0, 0.05) is 12.8 Å². The van der Waals surface area contributed by atoms with Crippen LogP contribution in [0.2, 0.25) is 0 Å². The number of aliphatic hydroxyl groups is 1. The lowest BCUT2D eigenvalue weighted by molar-refractivity contribution is -0.217. The molecule has 180 valence electrons. The van der Waals surface area contributed by atoms with Crippen LogP contribution in [-0.4, -0.2) is 66.1 Å². The zero-order valence-corrected chi connectivity index (χ0v) is 20.2. The normalized spacial score (nSPS) is 37.5. The maximum atomic E-state index is 12.0. The minimum Gasteiger partial charge on any atom is -0.387 e. The third-order valence-electron chi connectivity index (χ3n) is 6.08. The van der Waals surface area contributed by atoms with E-state index in [1.807, 2.05) is 65.8 Å². The van der Waals surface area contributed by atoms with Crippen LogP contribution >= 0.6 is 0 Å². The summed E-state index contributed by atoms with van der Waals surface area (Å²) in [6, 6.07) is -0.175. The van der Waals surface area contributed by atoms with Gasteiger partial charge in [0.15, 0.2) is 6.29 Å². The molecule has 0 aliphatic carbocycles. The summed E-state index contributed by atoms with van der Waals surface area (Å²) in [7, 11) is 0. The first-order chi connectivity index (χ1) is 15.0. The third-order valence-corrected chi connectivity index (χ3v) is 6.08. The Morgan fingerprint density at radius 1 is 1.28 bits per heavy atom. The van der Waals surface area contributed by atoms with Gasteiger partial charge in [-0.05, 0) is 39.7 Å². The summed E-state index contributed by atoms with van der Waals surface area (Å²) in [5.74, 6) is 0.198. The molecule has 7 nitrogen and oxygen atoms in total. The van der Waals surface area contributed by atoms with Crippen molar-refractivity contribution in [1.29, 1.82) is 0 Å². The van der Waals surface area contributed by atoms with Crippen LogP contribution in [0, 0.1) is 5.92 Å². The highest BCUT2D eigenvalue weighted by molar-refractivity contribution is 5.87. The van der Waals surface area contributed by atoms with Gasteiger partial charge >= 0.3 is 0 Å². The van der Waals surface area contributed by atoms with Crippen LogP contribution in [0.15, 0.2) is 36.0 Å². The highest BCUT2D eigenvalue weighted by Gasteiger charge is 2.60. The Labute approximate surface area is 191 Å². The van der Waals surface area contributed by atoms with E-state index in [0.29, 0.717) is 32.0 Å². The molecule has 3 saturated heterocycles. The van der Waals surface area contributed by atoms with Crippen LogP contribution in [-0.2, 0) is 23.7 Å². The Morgan fingerprint density at radius 2 is 2.00 bits per heavy atom. The summed E-state index contributed by atoms with van der Waals surface area (Å²) in [6.07, 6.45) is 9.08. The highest BCUT2D eigenvalue weighted by atomic mass is 16.7. The zero-order valence-electron chi connectivity index (χ0n) is 20.2. The van der Waals surface area contributed by atoms with Gasteiger partial charge < -0.3 is 29.4 Å². The van der Waals surface area contributed by atoms with Crippen molar-refractivity contribution >= 4 is 5.91 Å². The fourth-order valence-electron chi connectivity index (χ4n) is 4.22. The average molecular weight is 450 g/mol. The molecular formula is C25H39NO6. The van der Waals surface area contributed by atoms with Gasteiger partial charge in [0.25, 0.3) is 0 Å².